The summed E-state index contributed by atoms with van der Waals surface area (Å²) in [6, 6.07) is 4.78. The molecular weight excluding hydrogens is 290 g/mol. The summed E-state index contributed by atoms with van der Waals surface area (Å²) in [5.41, 5.74) is 0.884. The van der Waals surface area contributed by atoms with Gasteiger partial charge in [0, 0.05) is 49.4 Å². The van der Waals surface area contributed by atoms with E-state index in [1.54, 1.807) is 12.1 Å². The van der Waals surface area contributed by atoms with Crippen LogP contribution in [0.15, 0.2) is 18.2 Å². The Morgan fingerprint density at radius 1 is 1.33 bits per heavy atom. The van der Waals surface area contributed by atoms with Crippen LogP contribution in [0.1, 0.15) is 32.4 Å². The standard InChI is InChI=1S/C15H22ClN3O2/c1-15(2,3)14(18-8-6-17-7-9-18)12-10-11(19(20)21)4-5-13(12)16/h4-5,10,14,17H,6-9H2,1-3H3/t14-/m0/s1. The van der Waals surface area contributed by atoms with Crippen LogP contribution in [0.2, 0.25) is 5.02 Å². The molecule has 0 spiro atoms. The molecule has 1 saturated heterocycles. The second-order valence-electron chi connectivity index (χ2n) is 6.52. The molecule has 5 nitrogen and oxygen atoms in total. The summed E-state index contributed by atoms with van der Waals surface area (Å²) in [6.45, 7) is 10.1. The van der Waals surface area contributed by atoms with Gasteiger partial charge >= 0.3 is 0 Å². The van der Waals surface area contributed by atoms with Crippen molar-refractivity contribution in [3.63, 3.8) is 0 Å². The van der Waals surface area contributed by atoms with Gasteiger partial charge in [-0.2, -0.15) is 0 Å². The monoisotopic (exact) mass is 311 g/mol. The van der Waals surface area contributed by atoms with Crippen molar-refractivity contribution in [2.45, 2.75) is 26.8 Å². The Labute approximate surface area is 130 Å². The lowest BCUT2D eigenvalue weighted by Gasteiger charge is -2.42. The molecular formula is C15H22ClN3O2. The highest BCUT2D eigenvalue weighted by atomic mass is 35.5. The average Bonchev–Trinajstić information content (AvgIpc) is 2.40. The molecule has 0 bridgehead atoms. The molecule has 0 saturated carbocycles. The third-order valence-corrected chi connectivity index (χ3v) is 4.17. The highest BCUT2D eigenvalue weighted by molar-refractivity contribution is 6.31. The Balaban J connectivity index is 2.45. The number of nitro benzene ring substituents is 1. The summed E-state index contributed by atoms with van der Waals surface area (Å²) in [6.07, 6.45) is 0. The SMILES string of the molecule is CC(C)(C)[C@H](c1cc([N+](=O)[O-])ccc1Cl)N1CCNCC1. The minimum Gasteiger partial charge on any atom is -0.314 e. The summed E-state index contributed by atoms with van der Waals surface area (Å²) >= 11 is 6.36. The van der Waals surface area contributed by atoms with Crippen LogP contribution in [0, 0.1) is 15.5 Å². The van der Waals surface area contributed by atoms with E-state index in [0.29, 0.717) is 5.02 Å². The molecule has 1 aromatic rings. The summed E-state index contributed by atoms with van der Waals surface area (Å²) in [4.78, 5) is 13.1. The number of hydrogen-bond acceptors (Lipinski definition) is 4. The highest BCUT2D eigenvalue weighted by Gasteiger charge is 2.34. The predicted octanol–water partition coefficient (Wildman–Crippen LogP) is 3.24. The Hall–Kier alpha value is -1.17. The van der Waals surface area contributed by atoms with E-state index in [-0.39, 0.29) is 22.1 Å². The van der Waals surface area contributed by atoms with Crippen LogP contribution in [0.25, 0.3) is 0 Å². The van der Waals surface area contributed by atoms with E-state index in [0.717, 1.165) is 31.7 Å². The number of non-ortho nitro benzene ring substituents is 1. The van der Waals surface area contributed by atoms with E-state index in [1.807, 2.05) is 0 Å². The molecule has 1 aromatic carbocycles. The maximum absolute atomic E-state index is 11.1. The van der Waals surface area contributed by atoms with Crippen molar-refractivity contribution >= 4 is 17.3 Å². The Morgan fingerprint density at radius 3 is 2.48 bits per heavy atom. The van der Waals surface area contributed by atoms with E-state index in [9.17, 15) is 10.1 Å². The molecule has 1 atom stereocenters. The molecule has 1 aliphatic rings. The minimum absolute atomic E-state index is 0.0593. The topological polar surface area (TPSA) is 58.4 Å². The van der Waals surface area contributed by atoms with Gasteiger partial charge in [-0.15, -0.1) is 0 Å². The van der Waals surface area contributed by atoms with Crippen LogP contribution in [0.4, 0.5) is 5.69 Å². The fourth-order valence-electron chi connectivity index (χ4n) is 3.01. The fraction of sp³-hybridized carbons (Fsp3) is 0.600. The molecule has 2 rings (SSSR count). The molecule has 0 radical (unpaired) electrons. The van der Waals surface area contributed by atoms with Crippen LogP contribution in [0.3, 0.4) is 0 Å². The van der Waals surface area contributed by atoms with Gasteiger partial charge in [0.25, 0.3) is 5.69 Å². The van der Waals surface area contributed by atoms with Crippen LogP contribution in [-0.4, -0.2) is 36.0 Å². The van der Waals surface area contributed by atoms with Crippen molar-refractivity contribution in [1.29, 1.82) is 0 Å². The first-order valence-corrected chi connectivity index (χ1v) is 7.57. The summed E-state index contributed by atoms with van der Waals surface area (Å²) in [7, 11) is 0. The molecule has 21 heavy (non-hydrogen) atoms. The molecule has 0 aromatic heterocycles. The second-order valence-corrected chi connectivity index (χ2v) is 6.92. The summed E-state index contributed by atoms with van der Waals surface area (Å²) in [5, 5.41) is 15.0. The number of nitrogens with zero attached hydrogens (tertiary/aromatic N) is 2. The number of hydrogen-bond donors (Lipinski definition) is 1. The Morgan fingerprint density at radius 2 is 1.95 bits per heavy atom. The zero-order valence-corrected chi connectivity index (χ0v) is 13.5. The highest BCUT2D eigenvalue weighted by Crippen LogP contribution is 2.42. The van der Waals surface area contributed by atoms with Gasteiger partial charge in [0.2, 0.25) is 0 Å². The molecule has 0 unspecified atom stereocenters. The van der Waals surface area contributed by atoms with Gasteiger partial charge in [-0.25, -0.2) is 0 Å². The number of nitro groups is 1. The van der Waals surface area contributed by atoms with Crippen LogP contribution >= 0.6 is 11.6 Å². The molecule has 1 N–H and O–H groups in total. The van der Waals surface area contributed by atoms with E-state index in [4.69, 9.17) is 11.6 Å². The largest absolute Gasteiger partial charge is 0.314 e. The Bertz CT molecular complexity index is 522. The van der Waals surface area contributed by atoms with E-state index in [2.05, 4.69) is 31.0 Å². The van der Waals surface area contributed by atoms with E-state index >= 15 is 0 Å². The number of rotatable bonds is 3. The van der Waals surface area contributed by atoms with Crippen molar-refractivity contribution in [3.8, 4) is 0 Å². The lowest BCUT2D eigenvalue weighted by Crippen LogP contribution is -2.48. The van der Waals surface area contributed by atoms with Crippen molar-refractivity contribution in [3.05, 3.63) is 38.9 Å². The quantitative estimate of drug-likeness (QED) is 0.687. The molecule has 0 amide bonds. The van der Waals surface area contributed by atoms with Gasteiger partial charge in [-0.3, -0.25) is 15.0 Å². The minimum atomic E-state index is -0.364. The van der Waals surface area contributed by atoms with E-state index in [1.165, 1.54) is 6.07 Å². The number of halogens is 1. The molecule has 1 aliphatic heterocycles. The Kier molecular flexibility index (Phi) is 4.86. The third kappa shape index (κ3) is 3.73. The smallest absolute Gasteiger partial charge is 0.269 e. The summed E-state index contributed by atoms with van der Waals surface area (Å²) < 4.78 is 0. The lowest BCUT2D eigenvalue weighted by molar-refractivity contribution is -0.385. The third-order valence-electron chi connectivity index (χ3n) is 3.82. The van der Waals surface area contributed by atoms with Crippen molar-refractivity contribution in [1.82, 2.24) is 10.2 Å². The lowest BCUT2D eigenvalue weighted by atomic mass is 9.80. The van der Waals surface area contributed by atoms with Crippen LogP contribution < -0.4 is 5.32 Å². The normalized spacial score (nSPS) is 18.5. The van der Waals surface area contributed by atoms with Gasteiger partial charge in [-0.1, -0.05) is 32.4 Å². The predicted molar refractivity (Wildman–Crippen MR) is 84.7 cm³/mol. The zero-order valence-electron chi connectivity index (χ0n) is 12.7. The van der Waals surface area contributed by atoms with Gasteiger partial charge in [0.1, 0.15) is 0 Å². The number of benzene rings is 1. The summed E-state index contributed by atoms with van der Waals surface area (Å²) in [5.74, 6) is 0. The molecule has 6 heteroatoms. The fourth-order valence-corrected chi connectivity index (χ4v) is 3.23. The number of nitrogens with one attached hydrogen (secondary N) is 1. The molecule has 1 fully saturated rings. The average molecular weight is 312 g/mol. The van der Waals surface area contributed by atoms with Crippen molar-refractivity contribution in [2.75, 3.05) is 26.2 Å². The van der Waals surface area contributed by atoms with E-state index < -0.39 is 0 Å². The number of piperazine rings is 1. The maximum atomic E-state index is 11.1. The van der Waals surface area contributed by atoms with Gasteiger partial charge < -0.3 is 5.32 Å². The first kappa shape index (κ1) is 16.2. The van der Waals surface area contributed by atoms with Gasteiger partial charge in [0.05, 0.1) is 4.92 Å². The van der Waals surface area contributed by atoms with Gasteiger partial charge in [-0.05, 0) is 17.0 Å². The van der Waals surface area contributed by atoms with Crippen LogP contribution in [-0.2, 0) is 0 Å². The maximum Gasteiger partial charge on any atom is 0.269 e. The van der Waals surface area contributed by atoms with Gasteiger partial charge in [0.15, 0.2) is 0 Å². The molecule has 1 heterocycles. The van der Waals surface area contributed by atoms with Crippen molar-refractivity contribution in [2.24, 2.45) is 5.41 Å². The van der Waals surface area contributed by atoms with Crippen molar-refractivity contribution < 1.29 is 4.92 Å². The zero-order chi connectivity index (χ0) is 15.6. The molecule has 116 valence electrons. The second kappa shape index (κ2) is 6.30. The first-order chi connectivity index (χ1) is 9.80. The molecule has 0 aliphatic carbocycles. The van der Waals surface area contributed by atoms with Crippen LogP contribution in [0.5, 0.6) is 0 Å². The first-order valence-electron chi connectivity index (χ1n) is 7.19.